The van der Waals surface area contributed by atoms with Gasteiger partial charge in [0, 0.05) is 75.9 Å². The second kappa shape index (κ2) is 11.3. The number of amides is 2. The minimum Gasteiger partial charge on any atom is -0.368 e. The van der Waals surface area contributed by atoms with Crippen molar-refractivity contribution in [1.29, 1.82) is 0 Å². The average molecular weight is 455 g/mol. The molecule has 2 aromatic rings. The largest absolute Gasteiger partial charge is 0.368 e. The van der Waals surface area contributed by atoms with Gasteiger partial charge in [0.1, 0.15) is 5.69 Å². The van der Waals surface area contributed by atoms with Crippen molar-refractivity contribution in [3.63, 3.8) is 0 Å². The Morgan fingerprint density at radius 1 is 1.09 bits per heavy atom. The van der Waals surface area contributed by atoms with E-state index in [4.69, 9.17) is 0 Å². The maximum atomic E-state index is 12.9. The topological polar surface area (TPSA) is 113 Å². The lowest BCUT2D eigenvalue weighted by Crippen LogP contribution is -2.49. The van der Waals surface area contributed by atoms with E-state index in [9.17, 15) is 19.7 Å². The van der Waals surface area contributed by atoms with Crippen molar-refractivity contribution in [2.24, 2.45) is 5.92 Å². The number of piperazine rings is 1. The van der Waals surface area contributed by atoms with E-state index in [-0.39, 0.29) is 29.6 Å². The molecular weight excluding hydrogens is 424 g/mol. The van der Waals surface area contributed by atoms with Gasteiger partial charge in [-0.3, -0.25) is 24.7 Å². The lowest BCUT2D eigenvalue weighted by Gasteiger charge is -2.36. The van der Waals surface area contributed by atoms with E-state index in [1.54, 1.807) is 17.0 Å². The average Bonchev–Trinajstić information content (AvgIpc) is 2.84. The van der Waals surface area contributed by atoms with Gasteiger partial charge in [0.05, 0.1) is 11.1 Å². The SMILES string of the molecule is CC(C)CCN(CCC(=O)N1CCN(c2ccc([N+](=O)[O-])cc2)CC1)C(=O)c1cnccn1. The lowest BCUT2D eigenvalue weighted by atomic mass is 10.1. The normalized spacial score (nSPS) is 13.8. The molecule has 0 aliphatic carbocycles. The first kappa shape index (κ1) is 24.1. The van der Waals surface area contributed by atoms with Crippen molar-refractivity contribution in [2.75, 3.05) is 44.2 Å². The van der Waals surface area contributed by atoms with E-state index in [0.29, 0.717) is 45.2 Å². The third-order valence-corrected chi connectivity index (χ3v) is 5.70. The van der Waals surface area contributed by atoms with Crippen LogP contribution in [0.1, 0.15) is 37.2 Å². The molecule has 1 aromatic carbocycles. The fourth-order valence-electron chi connectivity index (χ4n) is 3.69. The molecule has 2 amide bonds. The van der Waals surface area contributed by atoms with E-state index in [1.807, 2.05) is 4.90 Å². The molecule has 0 radical (unpaired) electrons. The van der Waals surface area contributed by atoms with Crippen LogP contribution in [0.4, 0.5) is 11.4 Å². The van der Waals surface area contributed by atoms with Crippen LogP contribution in [0.3, 0.4) is 0 Å². The minimum atomic E-state index is -0.417. The standard InChI is InChI=1S/C23H30N6O4/c1-18(2)7-11-28(23(31)21-17-24-9-10-25-21)12-8-22(30)27-15-13-26(14-16-27)19-3-5-20(6-4-19)29(32)33/h3-6,9-10,17-18H,7-8,11-16H2,1-2H3. The first-order valence-electron chi connectivity index (χ1n) is 11.2. The molecular formula is C23H30N6O4. The number of hydrogen-bond acceptors (Lipinski definition) is 7. The molecule has 10 heteroatoms. The van der Waals surface area contributed by atoms with Gasteiger partial charge in [0.2, 0.25) is 5.91 Å². The summed E-state index contributed by atoms with van der Waals surface area (Å²) in [6.07, 6.45) is 5.55. The number of anilines is 1. The molecule has 3 rings (SSSR count). The van der Waals surface area contributed by atoms with Gasteiger partial charge in [-0.1, -0.05) is 13.8 Å². The van der Waals surface area contributed by atoms with Gasteiger partial charge >= 0.3 is 0 Å². The van der Waals surface area contributed by atoms with Gasteiger partial charge < -0.3 is 14.7 Å². The summed E-state index contributed by atoms with van der Waals surface area (Å²) >= 11 is 0. The highest BCUT2D eigenvalue weighted by molar-refractivity contribution is 5.92. The number of rotatable bonds is 9. The van der Waals surface area contributed by atoms with Crippen molar-refractivity contribution in [3.05, 3.63) is 58.7 Å². The predicted molar refractivity (Wildman–Crippen MR) is 124 cm³/mol. The lowest BCUT2D eigenvalue weighted by molar-refractivity contribution is -0.384. The van der Waals surface area contributed by atoms with Gasteiger partial charge in [0.15, 0.2) is 0 Å². The number of nitro groups is 1. The molecule has 0 saturated carbocycles. The molecule has 1 aliphatic heterocycles. The Morgan fingerprint density at radius 2 is 1.79 bits per heavy atom. The highest BCUT2D eigenvalue weighted by Crippen LogP contribution is 2.21. The summed E-state index contributed by atoms with van der Waals surface area (Å²) in [6.45, 7) is 7.54. The summed E-state index contributed by atoms with van der Waals surface area (Å²) < 4.78 is 0. The van der Waals surface area contributed by atoms with Crippen LogP contribution in [0.2, 0.25) is 0 Å². The molecule has 1 aromatic heterocycles. The smallest absolute Gasteiger partial charge is 0.274 e. The highest BCUT2D eigenvalue weighted by Gasteiger charge is 2.24. The number of hydrogen-bond donors (Lipinski definition) is 0. The molecule has 0 atom stereocenters. The molecule has 176 valence electrons. The first-order chi connectivity index (χ1) is 15.8. The summed E-state index contributed by atoms with van der Waals surface area (Å²) in [7, 11) is 0. The summed E-state index contributed by atoms with van der Waals surface area (Å²) in [5.74, 6) is 0.241. The number of aromatic nitrogens is 2. The molecule has 1 fully saturated rings. The predicted octanol–water partition coefficient (Wildman–Crippen LogP) is 2.61. The fraction of sp³-hybridized carbons (Fsp3) is 0.478. The number of benzene rings is 1. The number of non-ortho nitro benzene ring substituents is 1. The van der Waals surface area contributed by atoms with Crippen LogP contribution in [-0.2, 0) is 4.79 Å². The van der Waals surface area contributed by atoms with Gasteiger partial charge in [-0.15, -0.1) is 0 Å². The summed E-state index contributed by atoms with van der Waals surface area (Å²) in [5, 5.41) is 10.8. The second-order valence-electron chi connectivity index (χ2n) is 8.46. The van der Waals surface area contributed by atoms with Crippen LogP contribution in [-0.4, -0.2) is 75.8 Å². The molecule has 0 bridgehead atoms. The Labute approximate surface area is 193 Å². The third kappa shape index (κ3) is 6.71. The van der Waals surface area contributed by atoms with Gasteiger partial charge in [-0.2, -0.15) is 0 Å². The van der Waals surface area contributed by atoms with E-state index < -0.39 is 4.92 Å². The van der Waals surface area contributed by atoms with Crippen molar-refractivity contribution >= 4 is 23.2 Å². The van der Waals surface area contributed by atoms with Crippen LogP contribution in [0.25, 0.3) is 0 Å². The first-order valence-corrected chi connectivity index (χ1v) is 11.2. The summed E-state index contributed by atoms with van der Waals surface area (Å²) in [5.41, 5.74) is 1.25. The second-order valence-corrected chi connectivity index (χ2v) is 8.46. The van der Waals surface area contributed by atoms with E-state index >= 15 is 0 Å². The molecule has 33 heavy (non-hydrogen) atoms. The molecule has 0 unspecified atom stereocenters. The van der Waals surface area contributed by atoms with E-state index in [2.05, 4.69) is 28.7 Å². The zero-order chi connectivity index (χ0) is 23.8. The van der Waals surface area contributed by atoms with Gasteiger partial charge in [-0.05, 0) is 24.5 Å². The summed E-state index contributed by atoms with van der Waals surface area (Å²) in [4.78, 5) is 49.8. The van der Waals surface area contributed by atoms with E-state index in [1.165, 1.54) is 30.7 Å². The van der Waals surface area contributed by atoms with Crippen LogP contribution < -0.4 is 4.90 Å². The molecule has 0 N–H and O–H groups in total. The van der Waals surface area contributed by atoms with Crippen LogP contribution >= 0.6 is 0 Å². The van der Waals surface area contributed by atoms with Gasteiger partial charge in [0.25, 0.3) is 11.6 Å². The fourth-order valence-corrected chi connectivity index (χ4v) is 3.69. The molecule has 1 saturated heterocycles. The minimum absolute atomic E-state index is 0.0137. The van der Waals surface area contributed by atoms with Crippen LogP contribution in [0, 0.1) is 16.0 Å². The van der Waals surface area contributed by atoms with Crippen LogP contribution in [0.15, 0.2) is 42.9 Å². The van der Waals surface area contributed by atoms with Crippen molar-refractivity contribution in [1.82, 2.24) is 19.8 Å². The van der Waals surface area contributed by atoms with Gasteiger partial charge in [-0.25, -0.2) is 4.98 Å². The Morgan fingerprint density at radius 3 is 2.36 bits per heavy atom. The zero-order valence-corrected chi connectivity index (χ0v) is 19.1. The molecule has 2 heterocycles. The highest BCUT2D eigenvalue weighted by atomic mass is 16.6. The zero-order valence-electron chi connectivity index (χ0n) is 19.1. The molecule has 1 aliphatic rings. The number of nitro benzene ring substituents is 1. The maximum Gasteiger partial charge on any atom is 0.274 e. The Bertz CT molecular complexity index is 943. The Kier molecular flexibility index (Phi) is 8.28. The number of carbonyl (C=O) groups excluding carboxylic acids is 2. The van der Waals surface area contributed by atoms with E-state index in [0.717, 1.165) is 12.1 Å². The number of nitrogens with zero attached hydrogens (tertiary/aromatic N) is 6. The van der Waals surface area contributed by atoms with Crippen LogP contribution in [0.5, 0.6) is 0 Å². The van der Waals surface area contributed by atoms with Crippen molar-refractivity contribution in [2.45, 2.75) is 26.7 Å². The Hall–Kier alpha value is -3.56. The quantitative estimate of drug-likeness (QED) is 0.423. The monoisotopic (exact) mass is 454 g/mol. The molecule has 10 nitrogen and oxygen atoms in total. The van der Waals surface area contributed by atoms with Crippen molar-refractivity contribution < 1.29 is 14.5 Å². The molecule has 0 spiro atoms. The maximum absolute atomic E-state index is 12.9. The number of carbonyl (C=O) groups is 2. The summed E-state index contributed by atoms with van der Waals surface area (Å²) in [6, 6.07) is 6.46. The van der Waals surface area contributed by atoms with Crippen molar-refractivity contribution in [3.8, 4) is 0 Å². The Balaban J connectivity index is 1.53. The third-order valence-electron chi connectivity index (χ3n) is 5.70.